The number of rotatable bonds is 17. The van der Waals surface area contributed by atoms with Crippen molar-refractivity contribution in [2.24, 2.45) is 0 Å². The maximum absolute atomic E-state index is 9.96. The van der Waals surface area contributed by atoms with Gasteiger partial charge in [0.25, 0.3) is 0 Å². The molecule has 1 rings (SSSR count). The van der Waals surface area contributed by atoms with Crippen molar-refractivity contribution in [3.63, 3.8) is 0 Å². The van der Waals surface area contributed by atoms with Gasteiger partial charge in [0.2, 0.25) is 0 Å². The van der Waals surface area contributed by atoms with Crippen LogP contribution in [0.3, 0.4) is 0 Å². The smallest absolute Gasteiger partial charge is 0.0594 e. The van der Waals surface area contributed by atoms with Crippen molar-refractivity contribution >= 4 is 0 Å². The van der Waals surface area contributed by atoms with Crippen LogP contribution in [-0.4, -0.2) is 49.0 Å². The van der Waals surface area contributed by atoms with Crippen LogP contribution in [0.1, 0.15) is 103 Å². The minimum absolute atomic E-state index is 0.0386. The number of nitrogens with zero attached hydrogens (tertiary/aromatic N) is 1. The number of aliphatic hydroxyl groups excluding tert-OH is 1. The van der Waals surface area contributed by atoms with Gasteiger partial charge in [-0.2, -0.15) is 0 Å². The average Bonchev–Trinajstić information content (AvgIpc) is 2.64. The molecule has 3 heteroatoms. The van der Waals surface area contributed by atoms with Crippen molar-refractivity contribution in [1.82, 2.24) is 4.90 Å². The Labute approximate surface area is 157 Å². The lowest BCUT2D eigenvalue weighted by atomic mass is 10.0. The van der Waals surface area contributed by atoms with Gasteiger partial charge in [-0.25, -0.2) is 0 Å². The van der Waals surface area contributed by atoms with E-state index in [-0.39, 0.29) is 6.10 Å². The molecule has 1 atom stereocenters. The van der Waals surface area contributed by atoms with Gasteiger partial charge in [0.1, 0.15) is 0 Å². The largest absolute Gasteiger partial charge is 0.393 e. The first-order chi connectivity index (χ1) is 12.3. The van der Waals surface area contributed by atoms with Crippen LogP contribution in [0.4, 0.5) is 0 Å². The van der Waals surface area contributed by atoms with Crippen LogP contribution in [0.2, 0.25) is 0 Å². The van der Waals surface area contributed by atoms with Gasteiger partial charge in [0.05, 0.1) is 19.3 Å². The minimum Gasteiger partial charge on any atom is -0.393 e. The highest BCUT2D eigenvalue weighted by molar-refractivity contribution is 4.61. The Bertz CT molecular complexity index is 267. The summed E-state index contributed by atoms with van der Waals surface area (Å²) in [5.41, 5.74) is 0. The van der Waals surface area contributed by atoms with Gasteiger partial charge >= 0.3 is 0 Å². The molecule has 1 heterocycles. The molecule has 1 fully saturated rings. The summed E-state index contributed by atoms with van der Waals surface area (Å²) in [5.74, 6) is 0. The summed E-state index contributed by atoms with van der Waals surface area (Å²) in [6.07, 6.45) is 19.3. The van der Waals surface area contributed by atoms with Crippen LogP contribution in [-0.2, 0) is 4.74 Å². The molecule has 1 unspecified atom stereocenters. The zero-order chi connectivity index (χ0) is 18.0. The molecule has 0 aromatic heterocycles. The van der Waals surface area contributed by atoms with Crippen molar-refractivity contribution in [2.45, 2.75) is 109 Å². The maximum atomic E-state index is 9.96. The fraction of sp³-hybridized carbons (Fsp3) is 1.00. The first-order valence-electron chi connectivity index (χ1n) is 11.3. The van der Waals surface area contributed by atoms with E-state index < -0.39 is 0 Å². The third-order valence-corrected chi connectivity index (χ3v) is 5.51. The van der Waals surface area contributed by atoms with Gasteiger partial charge < -0.3 is 9.84 Å². The highest BCUT2D eigenvalue weighted by Crippen LogP contribution is 2.14. The predicted octanol–water partition coefficient (Wildman–Crippen LogP) is 5.55. The Morgan fingerprint density at radius 1 is 0.720 bits per heavy atom. The van der Waals surface area contributed by atoms with Gasteiger partial charge in [0.15, 0.2) is 0 Å². The van der Waals surface area contributed by atoms with Gasteiger partial charge in [-0.15, -0.1) is 0 Å². The van der Waals surface area contributed by atoms with Crippen LogP contribution in [0.5, 0.6) is 0 Å². The molecule has 1 aliphatic heterocycles. The Hall–Kier alpha value is -0.120. The van der Waals surface area contributed by atoms with E-state index in [9.17, 15) is 5.11 Å². The molecule has 150 valence electrons. The van der Waals surface area contributed by atoms with Crippen LogP contribution in [0, 0.1) is 0 Å². The third-order valence-electron chi connectivity index (χ3n) is 5.51. The lowest BCUT2D eigenvalue weighted by Gasteiger charge is -2.26. The number of hydrogen-bond acceptors (Lipinski definition) is 3. The van der Waals surface area contributed by atoms with Crippen LogP contribution < -0.4 is 0 Å². The standard InChI is InChI=1S/C22H45NO2/c1-2-3-4-12-15-22(24)16-13-10-8-6-5-7-9-11-14-17-23-18-20-25-21-19-23/h22,24H,2-21H2,1H3. The molecule has 0 aliphatic carbocycles. The van der Waals surface area contributed by atoms with E-state index in [1.54, 1.807) is 0 Å². The first kappa shape index (κ1) is 22.9. The molecule has 0 radical (unpaired) electrons. The molecule has 1 aliphatic rings. The molecule has 0 aromatic rings. The summed E-state index contributed by atoms with van der Waals surface area (Å²) in [5, 5.41) is 9.96. The SMILES string of the molecule is CCCCCCC(O)CCCCCCCCCCCN1CCOCC1. The molecule has 0 amide bonds. The minimum atomic E-state index is -0.0386. The summed E-state index contributed by atoms with van der Waals surface area (Å²) >= 11 is 0. The van der Waals surface area contributed by atoms with Gasteiger partial charge in [-0.1, -0.05) is 84.0 Å². The van der Waals surface area contributed by atoms with Crippen LogP contribution >= 0.6 is 0 Å². The van der Waals surface area contributed by atoms with Crippen molar-refractivity contribution in [1.29, 1.82) is 0 Å². The summed E-state index contributed by atoms with van der Waals surface area (Å²) in [4.78, 5) is 2.54. The number of hydrogen-bond donors (Lipinski definition) is 1. The van der Waals surface area contributed by atoms with Crippen LogP contribution in [0.15, 0.2) is 0 Å². The Balaban J connectivity index is 1.72. The Morgan fingerprint density at radius 3 is 1.76 bits per heavy atom. The zero-order valence-electron chi connectivity index (χ0n) is 17.0. The molecule has 0 bridgehead atoms. The summed E-state index contributed by atoms with van der Waals surface area (Å²) < 4.78 is 5.38. The topological polar surface area (TPSA) is 32.7 Å². The van der Waals surface area contributed by atoms with E-state index in [4.69, 9.17) is 4.74 Å². The first-order valence-corrected chi connectivity index (χ1v) is 11.3. The monoisotopic (exact) mass is 355 g/mol. The lowest BCUT2D eigenvalue weighted by molar-refractivity contribution is 0.0371. The quantitative estimate of drug-likeness (QED) is 0.347. The molecule has 0 saturated carbocycles. The Kier molecular flexibility index (Phi) is 15.9. The van der Waals surface area contributed by atoms with E-state index in [2.05, 4.69) is 11.8 Å². The zero-order valence-corrected chi connectivity index (χ0v) is 17.0. The maximum Gasteiger partial charge on any atom is 0.0594 e. The van der Waals surface area contributed by atoms with Crippen molar-refractivity contribution in [3.05, 3.63) is 0 Å². The Morgan fingerprint density at radius 2 is 1.20 bits per heavy atom. The average molecular weight is 356 g/mol. The van der Waals surface area contributed by atoms with Gasteiger partial charge in [-0.3, -0.25) is 4.90 Å². The van der Waals surface area contributed by atoms with E-state index in [0.29, 0.717) is 0 Å². The molecule has 0 spiro atoms. The van der Waals surface area contributed by atoms with Crippen molar-refractivity contribution in [2.75, 3.05) is 32.8 Å². The second kappa shape index (κ2) is 17.3. The fourth-order valence-electron chi connectivity index (χ4n) is 3.73. The summed E-state index contributed by atoms with van der Waals surface area (Å²) in [7, 11) is 0. The molecular weight excluding hydrogens is 310 g/mol. The van der Waals surface area contributed by atoms with Gasteiger partial charge in [0, 0.05) is 13.1 Å². The molecular formula is C22H45NO2. The second-order valence-corrected chi connectivity index (χ2v) is 7.93. The molecule has 1 N–H and O–H groups in total. The van der Waals surface area contributed by atoms with Crippen LogP contribution in [0.25, 0.3) is 0 Å². The van der Waals surface area contributed by atoms with E-state index in [0.717, 1.165) is 39.1 Å². The highest BCUT2D eigenvalue weighted by Gasteiger charge is 2.08. The van der Waals surface area contributed by atoms with E-state index in [1.165, 1.54) is 90.0 Å². The number of morpholine rings is 1. The highest BCUT2D eigenvalue weighted by atomic mass is 16.5. The fourth-order valence-corrected chi connectivity index (χ4v) is 3.73. The molecule has 3 nitrogen and oxygen atoms in total. The third kappa shape index (κ3) is 14.7. The summed E-state index contributed by atoms with van der Waals surface area (Å²) in [6.45, 7) is 7.62. The van der Waals surface area contributed by atoms with Crippen molar-refractivity contribution < 1.29 is 9.84 Å². The molecule has 1 saturated heterocycles. The summed E-state index contributed by atoms with van der Waals surface area (Å²) in [6, 6.07) is 0. The van der Waals surface area contributed by atoms with E-state index in [1.807, 2.05) is 0 Å². The molecule has 0 aromatic carbocycles. The number of unbranched alkanes of at least 4 members (excludes halogenated alkanes) is 11. The molecule has 25 heavy (non-hydrogen) atoms. The predicted molar refractivity (Wildman–Crippen MR) is 108 cm³/mol. The number of ether oxygens (including phenoxy) is 1. The second-order valence-electron chi connectivity index (χ2n) is 7.93. The normalized spacial score (nSPS) is 17.0. The van der Waals surface area contributed by atoms with E-state index >= 15 is 0 Å². The lowest BCUT2D eigenvalue weighted by Crippen LogP contribution is -2.36. The number of aliphatic hydroxyl groups is 1. The van der Waals surface area contributed by atoms with Crippen molar-refractivity contribution in [3.8, 4) is 0 Å². The van der Waals surface area contributed by atoms with Gasteiger partial charge in [-0.05, 0) is 25.8 Å².